The second kappa shape index (κ2) is 10.3. The molecule has 0 saturated heterocycles. The molecule has 0 spiro atoms. The monoisotopic (exact) mass is 512 g/mol. The number of carbonyl (C=O) groups is 1. The van der Waals surface area contributed by atoms with Gasteiger partial charge >= 0.3 is 5.97 Å². The van der Waals surface area contributed by atoms with Crippen LogP contribution in [-0.4, -0.2) is 40.7 Å². The minimum Gasteiger partial charge on any atom is -0.466 e. The molecule has 1 unspecified atom stereocenters. The van der Waals surface area contributed by atoms with E-state index < -0.39 is 14.8 Å². The van der Waals surface area contributed by atoms with Crippen LogP contribution < -0.4 is 4.72 Å². The van der Waals surface area contributed by atoms with Crippen LogP contribution in [0.1, 0.15) is 79.7 Å². The predicted molar refractivity (Wildman–Crippen MR) is 140 cm³/mol. The van der Waals surface area contributed by atoms with E-state index in [0.717, 1.165) is 51.7 Å². The molecular formula is C27H36N4O4S. The van der Waals surface area contributed by atoms with Crippen molar-refractivity contribution in [3.05, 3.63) is 58.1 Å². The first kappa shape index (κ1) is 26.3. The fourth-order valence-electron chi connectivity index (χ4n) is 5.26. The van der Waals surface area contributed by atoms with Gasteiger partial charge < -0.3 is 4.74 Å². The molecule has 1 fully saturated rings. The van der Waals surface area contributed by atoms with Crippen LogP contribution in [0, 0.1) is 13.8 Å². The molecule has 1 atom stereocenters. The molecule has 0 radical (unpaired) electrons. The van der Waals surface area contributed by atoms with Crippen molar-refractivity contribution in [2.45, 2.75) is 77.0 Å². The fraction of sp³-hybridized carbons (Fsp3) is 0.519. The zero-order valence-electron chi connectivity index (χ0n) is 21.8. The van der Waals surface area contributed by atoms with Crippen LogP contribution in [0.2, 0.25) is 0 Å². The lowest BCUT2D eigenvalue weighted by atomic mass is 9.84. The van der Waals surface area contributed by atoms with Crippen LogP contribution >= 0.6 is 0 Å². The van der Waals surface area contributed by atoms with E-state index in [2.05, 4.69) is 15.0 Å². The number of fused-ring (bicyclic) bond motifs is 1. The standard InChI is InChI=1S/C27H36N4O4S/c1-6-35-25(32)16-23(22-11-12-24-26(19(22)3)29-30-31(24)5)20-10-9-18(2)21(15-20)17-28-36(33,34)27(4)13-7-8-14-27/h9-12,15,23,28H,6-8,13-14,16-17H2,1-5H3. The Morgan fingerprint density at radius 1 is 1.19 bits per heavy atom. The van der Waals surface area contributed by atoms with E-state index in [1.165, 1.54) is 0 Å². The molecule has 194 valence electrons. The molecule has 1 N–H and O–H groups in total. The molecule has 3 aromatic rings. The zero-order chi connectivity index (χ0) is 26.1. The Labute approximate surface area is 213 Å². The SMILES string of the molecule is CCOC(=O)CC(c1ccc(C)c(CNS(=O)(=O)C2(C)CCCC2)c1)c1ccc2c(nnn2C)c1C. The van der Waals surface area contributed by atoms with Crippen LogP contribution in [0.15, 0.2) is 30.3 Å². The summed E-state index contributed by atoms with van der Waals surface area (Å²) in [6, 6.07) is 10.0. The number of rotatable bonds is 9. The van der Waals surface area contributed by atoms with Gasteiger partial charge in [0.1, 0.15) is 5.52 Å². The number of nitrogens with one attached hydrogen (secondary N) is 1. The van der Waals surface area contributed by atoms with Crippen molar-refractivity contribution in [3.8, 4) is 0 Å². The van der Waals surface area contributed by atoms with Crippen LogP contribution in [0.4, 0.5) is 0 Å². The summed E-state index contributed by atoms with van der Waals surface area (Å²) in [5.74, 6) is -0.545. The van der Waals surface area contributed by atoms with E-state index in [9.17, 15) is 13.2 Å². The van der Waals surface area contributed by atoms with Crippen LogP contribution in [0.5, 0.6) is 0 Å². The summed E-state index contributed by atoms with van der Waals surface area (Å²) in [6.07, 6.45) is 3.43. The van der Waals surface area contributed by atoms with Gasteiger partial charge in [0.2, 0.25) is 10.0 Å². The molecule has 1 heterocycles. The lowest BCUT2D eigenvalue weighted by molar-refractivity contribution is -0.143. The second-order valence-electron chi connectivity index (χ2n) is 10.1. The Bertz CT molecular complexity index is 1370. The maximum atomic E-state index is 13.1. The summed E-state index contributed by atoms with van der Waals surface area (Å²) in [7, 11) is -1.61. The van der Waals surface area contributed by atoms with Crippen LogP contribution in [-0.2, 0) is 33.1 Å². The van der Waals surface area contributed by atoms with Crippen molar-refractivity contribution in [2.24, 2.45) is 7.05 Å². The van der Waals surface area contributed by atoms with E-state index in [1.807, 2.05) is 58.2 Å². The molecule has 0 aliphatic heterocycles. The van der Waals surface area contributed by atoms with Crippen molar-refractivity contribution in [1.29, 1.82) is 0 Å². The topological polar surface area (TPSA) is 103 Å². The highest BCUT2D eigenvalue weighted by Gasteiger charge is 2.41. The first-order valence-electron chi connectivity index (χ1n) is 12.6. The van der Waals surface area contributed by atoms with E-state index in [-0.39, 0.29) is 24.9 Å². The predicted octanol–water partition coefficient (Wildman–Crippen LogP) is 4.42. The first-order chi connectivity index (χ1) is 17.1. The number of sulfonamides is 1. The molecule has 4 rings (SSSR count). The van der Waals surface area contributed by atoms with Crippen LogP contribution in [0.25, 0.3) is 11.0 Å². The number of benzene rings is 2. The third kappa shape index (κ3) is 5.04. The summed E-state index contributed by atoms with van der Waals surface area (Å²) in [5.41, 5.74) is 6.48. The van der Waals surface area contributed by atoms with E-state index in [0.29, 0.717) is 19.4 Å². The highest BCUT2D eigenvalue weighted by molar-refractivity contribution is 7.90. The maximum absolute atomic E-state index is 13.1. The van der Waals surface area contributed by atoms with Crippen molar-refractivity contribution in [3.63, 3.8) is 0 Å². The van der Waals surface area contributed by atoms with Crippen molar-refractivity contribution in [2.75, 3.05) is 6.61 Å². The Balaban J connectivity index is 1.69. The molecule has 1 aliphatic rings. The normalized spacial score (nSPS) is 16.4. The highest BCUT2D eigenvalue weighted by atomic mass is 32.2. The third-order valence-corrected chi connectivity index (χ3v) is 9.90. The quantitative estimate of drug-likeness (QED) is 0.426. The number of aromatic nitrogens is 3. The molecular weight excluding hydrogens is 476 g/mol. The van der Waals surface area contributed by atoms with Gasteiger partial charge in [0.05, 0.1) is 23.3 Å². The van der Waals surface area contributed by atoms with Gasteiger partial charge in [-0.2, -0.15) is 0 Å². The average Bonchev–Trinajstić information content (AvgIpc) is 3.45. The van der Waals surface area contributed by atoms with E-state index in [1.54, 1.807) is 11.6 Å². The summed E-state index contributed by atoms with van der Waals surface area (Å²) in [5, 5.41) is 8.46. The Morgan fingerprint density at radius 3 is 2.61 bits per heavy atom. The Kier molecular flexibility index (Phi) is 7.52. The number of nitrogens with zero attached hydrogens (tertiary/aromatic N) is 3. The fourth-order valence-corrected chi connectivity index (χ4v) is 6.78. The van der Waals surface area contributed by atoms with Gasteiger partial charge in [-0.15, -0.1) is 5.10 Å². The highest BCUT2D eigenvalue weighted by Crippen LogP contribution is 2.37. The minimum absolute atomic E-state index is 0.173. The lowest BCUT2D eigenvalue weighted by Crippen LogP contribution is -2.41. The Hall–Kier alpha value is -2.78. The number of hydrogen-bond acceptors (Lipinski definition) is 6. The van der Waals surface area contributed by atoms with E-state index in [4.69, 9.17) is 4.74 Å². The maximum Gasteiger partial charge on any atom is 0.306 e. The second-order valence-corrected chi connectivity index (χ2v) is 12.4. The molecule has 9 heteroatoms. The number of ether oxygens (including phenoxy) is 1. The summed E-state index contributed by atoms with van der Waals surface area (Å²) < 4.78 is 35.3. The number of aryl methyl sites for hydroxylation is 3. The molecule has 1 aliphatic carbocycles. The van der Waals surface area contributed by atoms with Crippen LogP contribution in [0.3, 0.4) is 0 Å². The molecule has 0 bridgehead atoms. The van der Waals surface area contributed by atoms with Gasteiger partial charge in [-0.05, 0) is 74.4 Å². The summed E-state index contributed by atoms with van der Waals surface area (Å²) >= 11 is 0. The van der Waals surface area contributed by atoms with Gasteiger partial charge in [-0.1, -0.05) is 42.3 Å². The van der Waals surface area contributed by atoms with Crippen molar-refractivity contribution >= 4 is 27.0 Å². The van der Waals surface area contributed by atoms with Gasteiger partial charge in [-0.25, -0.2) is 17.8 Å². The first-order valence-corrected chi connectivity index (χ1v) is 14.1. The third-order valence-electron chi connectivity index (χ3n) is 7.67. The molecule has 1 saturated carbocycles. The summed E-state index contributed by atoms with van der Waals surface area (Å²) in [6.45, 7) is 8.13. The number of carbonyl (C=O) groups excluding carboxylic acids is 1. The average molecular weight is 513 g/mol. The molecule has 1 aromatic heterocycles. The summed E-state index contributed by atoms with van der Waals surface area (Å²) in [4.78, 5) is 12.6. The number of hydrogen-bond donors (Lipinski definition) is 1. The van der Waals surface area contributed by atoms with Gasteiger partial charge in [0, 0.05) is 19.5 Å². The van der Waals surface area contributed by atoms with Crippen molar-refractivity contribution in [1.82, 2.24) is 19.7 Å². The minimum atomic E-state index is -3.46. The number of esters is 1. The van der Waals surface area contributed by atoms with Crippen molar-refractivity contribution < 1.29 is 17.9 Å². The molecule has 36 heavy (non-hydrogen) atoms. The zero-order valence-corrected chi connectivity index (χ0v) is 22.6. The smallest absolute Gasteiger partial charge is 0.306 e. The van der Waals surface area contributed by atoms with Gasteiger partial charge in [-0.3, -0.25) is 4.79 Å². The molecule has 2 aromatic carbocycles. The van der Waals surface area contributed by atoms with Gasteiger partial charge in [0.15, 0.2) is 0 Å². The molecule has 0 amide bonds. The van der Waals surface area contributed by atoms with E-state index >= 15 is 0 Å². The molecule has 8 nitrogen and oxygen atoms in total. The van der Waals surface area contributed by atoms with Gasteiger partial charge in [0.25, 0.3) is 0 Å². The largest absolute Gasteiger partial charge is 0.466 e. The lowest BCUT2D eigenvalue weighted by Gasteiger charge is -2.25. The Morgan fingerprint density at radius 2 is 1.92 bits per heavy atom.